The number of nitrogens with one attached hydrogen (secondary N) is 1. The van der Waals surface area contributed by atoms with E-state index in [9.17, 15) is 0 Å². The van der Waals surface area contributed by atoms with E-state index in [1.54, 1.807) is 0 Å². The summed E-state index contributed by atoms with van der Waals surface area (Å²) in [5.74, 6) is 1.01. The van der Waals surface area contributed by atoms with Crippen LogP contribution in [0.2, 0.25) is 0 Å². The van der Waals surface area contributed by atoms with Gasteiger partial charge in [0.05, 0.1) is 0 Å². The molecular formula is C18H28N2. The van der Waals surface area contributed by atoms with Crippen LogP contribution in [0.1, 0.15) is 49.8 Å². The number of fused-ring (bicyclic) bond motifs is 2. The second kappa shape index (κ2) is 6.28. The number of benzene rings is 1. The minimum Gasteiger partial charge on any atom is -0.310 e. The first-order chi connectivity index (χ1) is 9.76. The monoisotopic (exact) mass is 272 g/mol. The van der Waals surface area contributed by atoms with Gasteiger partial charge in [-0.25, -0.2) is 0 Å². The van der Waals surface area contributed by atoms with Gasteiger partial charge in [-0.2, -0.15) is 0 Å². The van der Waals surface area contributed by atoms with Crippen molar-refractivity contribution in [3.63, 3.8) is 0 Å². The van der Waals surface area contributed by atoms with Crippen molar-refractivity contribution in [2.24, 2.45) is 5.92 Å². The summed E-state index contributed by atoms with van der Waals surface area (Å²) in [7, 11) is 0. The summed E-state index contributed by atoms with van der Waals surface area (Å²) in [4.78, 5) is 2.74. The van der Waals surface area contributed by atoms with Crippen LogP contribution in [0.4, 0.5) is 0 Å². The number of nitrogens with zero attached hydrogens (tertiary/aromatic N) is 1. The average molecular weight is 272 g/mol. The highest BCUT2D eigenvalue weighted by molar-refractivity contribution is 5.24. The smallest absolute Gasteiger partial charge is 0.0332 e. The van der Waals surface area contributed by atoms with Crippen LogP contribution in [0, 0.1) is 12.8 Å². The second-order valence-corrected chi connectivity index (χ2v) is 6.64. The lowest BCUT2D eigenvalue weighted by atomic mass is 10.0. The molecule has 3 unspecified atom stereocenters. The lowest BCUT2D eigenvalue weighted by Gasteiger charge is -2.29. The van der Waals surface area contributed by atoms with Crippen LogP contribution < -0.4 is 5.32 Å². The highest BCUT2D eigenvalue weighted by Gasteiger charge is 2.37. The van der Waals surface area contributed by atoms with Crippen LogP contribution in [0.25, 0.3) is 0 Å². The average Bonchev–Trinajstić information content (AvgIpc) is 3.07. The Morgan fingerprint density at radius 3 is 2.65 bits per heavy atom. The maximum atomic E-state index is 3.66. The van der Waals surface area contributed by atoms with Gasteiger partial charge in [-0.05, 0) is 50.6 Å². The molecule has 1 saturated carbocycles. The van der Waals surface area contributed by atoms with Crippen molar-refractivity contribution in [1.29, 1.82) is 0 Å². The van der Waals surface area contributed by atoms with E-state index in [0.717, 1.165) is 18.5 Å². The van der Waals surface area contributed by atoms with E-state index < -0.39 is 0 Å². The third-order valence-corrected chi connectivity index (χ3v) is 5.16. The third kappa shape index (κ3) is 3.07. The van der Waals surface area contributed by atoms with Crippen molar-refractivity contribution in [2.75, 3.05) is 19.6 Å². The fourth-order valence-electron chi connectivity index (χ4n) is 4.03. The Kier molecular flexibility index (Phi) is 4.42. The van der Waals surface area contributed by atoms with Crippen LogP contribution in [-0.4, -0.2) is 30.6 Å². The Balaban J connectivity index is 1.58. The number of aryl methyl sites for hydroxylation is 1. The summed E-state index contributed by atoms with van der Waals surface area (Å²) in [5.41, 5.74) is 2.79. The molecule has 1 N–H and O–H groups in total. The Labute approximate surface area is 123 Å². The maximum Gasteiger partial charge on any atom is 0.0332 e. The van der Waals surface area contributed by atoms with Gasteiger partial charge in [-0.1, -0.05) is 36.8 Å². The summed E-state index contributed by atoms with van der Waals surface area (Å²) in [6.45, 7) is 8.03. The van der Waals surface area contributed by atoms with Gasteiger partial charge in [0.2, 0.25) is 0 Å². The maximum absolute atomic E-state index is 3.66. The normalized spacial score (nSPS) is 27.1. The molecular weight excluding hydrogens is 244 g/mol. The zero-order chi connectivity index (χ0) is 13.9. The SMILES string of the molecule is CCNC(CCN1CC2CCC1C2)c1ccc(C)cc1. The molecule has 2 bridgehead atoms. The largest absolute Gasteiger partial charge is 0.310 e. The molecule has 3 rings (SSSR count). The number of likely N-dealkylation sites (tertiary alicyclic amines) is 1. The van der Waals surface area contributed by atoms with E-state index in [1.807, 2.05) is 0 Å². The lowest BCUT2D eigenvalue weighted by molar-refractivity contribution is 0.203. The van der Waals surface area contributed by atoms with Gasteiger partial charge in [-0.3, -0.25) is 0 Å². The minimum absolute atomic E-state index is 0.514. The van der Waals surface area contributed by atoms with Crippen molar-refractivity contribution in [3.05, 3.63) is 35.4 Å². The Morgan fingerprint density at radius 2 is 2.05 bits per heavy atom. The van der Waals surface area contributed by atoms with Gasteiger partial charge < -0.3 is 10.2 Å². The van der Waals surface area contributed by atoms with E-state index in [-0.39, 0.29) is 0 Å². The zero-order valence-electron chi connectivity index (χ0n) is 12.9. The van der Waals surface area contributed by atoms with Crippen molar-refractivity contribution in [3.8, 4) is 0 Å². The van der Waals surface area contributed by atoms with Crippen LogP contribution in [0.5, 0.6) is 0 Å². The Morgan fingerprint density at radius 1 is 1.25 bits per heavy atom. The third-order valence-electron chi connectivity index (χ3n) is 5.16. The molecule has 2 heteroatoms. The lowest BCUT2D eigenvalue weighted by Crippen LogP contribution is -2.35. The number of rotatable bonds is 6. The molecule has 110 valence electrons. The topological polar surface area (TPSA) is 15.3 Å². The molecule has 1 heterocycles. The predicted octanol–water partition coefficient (Wildman–Crippen LogP) is 3.52. The van der Waals surface area contributed by atoms with Gasteiger partial charge in [0, 0.05) is 25.2 Å². The van der Waals surface area contributed by atoms with Gasteiger partial charge in [0.25, 0.3) is 0 Å². The van der Waals surface area contributed by atoms with Crippen molar-refractivity contribution in [2.45, 2.75) is 51.6 Å². The van der Waals surface area contributed by atoms with E-state index in [4.69, 9.17) is 0 Å². The van der Waals surface area contributed by atoms with Gasteiger partial charge >= 0.3 is 0 Å². The van der Waals surface area contributed by atoms with Crippen LogP contribution >= 0.6 is 0 Å². The molecule has 1 saturated heterocycles. The standard InChI is InChI=1S/C18H28N2/c1-3-19-18(16-7-4-14(2)5-8-16)10-11-20-13-15-6-9-17(20)12-15/h4-5,7-8,15,17-19H,3,6,9-13H2,1-2H3. The first-order valence-corrected chi connectivity index (χ1v) is 8.30. The Bertz CT molecular complexity index is 426. The highest BCUT2D eigenvalue weighted by atomic mass is 15.2. The summed E-state index contributed by atoms with van der Waals surface area (Å²) >= 11 is 0. The van der Waals surface area contributed by atoms with Gasteiger partial charge in [-0.15, -0.1) is 0 Å². The second-order valence-electron chi connectivity index (χ2n) is 6.64. The summed E-state index contributed by atoms with van der Waals surface area (Å²) in [6.07, 6.45) is 5.63. The quantitative estimate of drug-likeness (QED) is 0.852. The Hall–Kier alpha value is -0.860. The molecule has 0 radical (unpaired) electrons. The molecule has 2 fully saturated rings. The molecule has 2 aliphatic rings. The fourth-order valence-corrected chi connectivity index (χ4v) is 4.03. The molecule has 1 aromatic rings. The van der Waals surface area contributed by atoms with Crippen molar-refractivity contribution < 1.29 is 0 Å². The molecule has 0 amide bonds. The van der Waals surface area contributed by atoms with E-state index in [2.05, 4.69) is 48.3 Å². The summed E-state index contributed by atoms with van der Waals surface area (Å²) in [5, 5.41) is 3.66. The summed E-state index contributed by atoms with van der Waals surface area (Å²) in [6, 6.07) is 10.5. The minimum atomic E-state index is 0.514. The fraction of sp³-hybridized carbons (Fsp3) is 0.667. The van der Waals surface area contributed by atoms with Gasteiger partial charge in [0.15, 0.2) is 0 Å². The number of hydrogen-bond donors (Lipinski definition) is 1. The molecule has 1 aromatic carbocycles. The first-order valence-electron chi connectivity index (χ1n) is 8.30. The van der Waals surface area contributed by atoms with E-state index >= 15 is 0 Å². The van der Waals surface area contributed by atoms with Gasteiger partial charge in [0.1, 0.15) is 0 Å². The van der Waals surface area contributed by atoms with Crippen LogP contribution in [-0.2, 0) is 0 Å². The molecule has 3 atom stereocenters. The van der Waals surface area contributed by atoms with Crippen molar-refractivity contribution in [1.82, 2.24) is 10.2 Å². The summed E-state index contributed by atoms with van der Waals surface area (Å²) < 4.78 is 0. The number of hydrogen-bond acceptors (Lipinski definition) is 2. The zero-order valence-corrected chi connectivity index (χ0v) is 12.9. The molecule has 1 aliphatic heterocycles. The molecule has 20 heavy (non-hydrogen) atoms. The van der Waals surface area contributed by atoms with E-state index in [1.165, 1.54) is 49.9 Å². The van der Waals surface area contributed by atoms with Crippen LogP contribution in [0.15, 0.2) is 24.3 Å². The first kappa shape index (κ1) is 14.1. The highest BCUT2D eigenvalue weighted by Crippen LogP contribution is 2.37. The van der Waals surface area contributed by atoms with Crippen molar-refractivity contribution >= 4 is 0 Å². The molecule has 2 nitrogen and oxygen atoms in total. The number of piperidine rings is 1. The predicted molar refractivity (Wildman–Crippen MR) is 84.9 cm³/mol. The van der Waals surface area contributed by atoms with E-state index in [0.29, 0.717) is 6.04 Å². The van der Waals surface area contributed by atoms with Crippen LogP contribution in [0.3, 0.4) is 0 Å². The molecule has 1 aliphatic carbocycles. The molecule has 0 aromatic heterocycles. The molecule has 0 spiro atoms.